The number of phenolic OH excluding ortho intramolecular Hbond substituents is 1. The average Bonchev–Trinajstić information content (AvgIpc) is 2.69. The van der Waals surface area contributed by atoms with E-state index in [-0.39, 0.29) is 30.0 Å². The normalized spacial score (nSPS) is 10.2. The highest BCUT2D eigenvalue weighted by Crippen LogP contribution is 2.23. The number of phenols is 1. The van der Waals surface area contributed by atoms with Crippen LogP contribution >= 0.6 is 0 Å². The Bertz CT molecular complexity index is 982. The second kappa shape index (κ2) is 8.67. The van der Waals surface area contributed by atoms with Crippen molar-refractivity contribution in [1.82, 2.24) is 15.3 Å². The molecule has 0 saturated carbocycles. The number of nitrogens with one attached hydrogen (secondary N) is 4. The van der Waals surface area contributed by atoms with Crippen LogP contribution in [0.1, 0.15) is 0 Å². The Balaban J connectivity index is 1.73. The summed E-state index contributed by atoms with van der Waals surface area (Å²) in [7, 11) is 1.57. The Morgan fingerprint density at radius 3 is 2.54 bits per heavy atom. The summed E-state index contributed by atoms with van der Waals surface area (Å²) in [4.78, 5) is 19.4. The lowest BCUT2D eigenvalue weighted by Gasteiger charge is -2.11. The van der Waals surface area contributed by atoms with Crippen LogP contribution in [0, 0.1) is 5.82 Å². The molecule has 8 nitrogen and oxygen atoms in total. The van der Waals surface area contributed by atoms with Crippen molar-refractivity contribution < 1.29 is 14.3 Å². The van der Waals surface area contributed by atoms with Crippen LogP contribution in [0.4, 0.5) is 33.2 Å². The van der Waals surface area contributed by atoms with Crippen molar-refractivity contribution in [2.24, 2.45) is 0 Å². The molecular weight excluding hydrogens is 363 g/mol. The Morgan fingerprint density at radius 1 is 1.07 bits per heavy atom. The first-order valence-corrected chi connectivity index (χ1v) is 8.43. The van der Waals surface area contributed by atoms with E-state index in [0.717, 1.165) is 11.9 Å². The maximum atomic E-state index is 14.0. The van der Waals surface area contributed by atoms with Gasteiger partial charge in [-0.05, 0) is 30.3 Å². The average molecular weight is 382 g/mol. The zero-order valence-corrected chi connectivity index (χ0v) is 15.0. The molecule has 0 spiro atoms. The third-order valence-corrected chi connectivity index (χ3v) is 3.70. The predicted octanol–water partition coefficient (Wildman–Crippen LogP) is 2.97. The summed E-state index contributed by atoms with van der Waals surface area (Å²) in [5.41, 5.74) is 1.88. The molecule has 0 aliphatic rings. The molecule has 0 saturated heterocycles. The zero-order chi connectivity index (χ0) is 19.9. The van der Waals surface area contributed by atoms with Gasteiger partial charge in [0.15, 0.2) is 11.6 Å². The number of rotatable bonds is 7. The fourth-order valence-corrected chi connectivity index (χ4v) is 2.34. The minimum Gasteiger partial charge on any atom is -0.508 e. The highest BCUT2D eigenvalue weighted by molar-refractivity contribution is 5.80. The van der Waals surface area contributed by atoms with Crippen molar-refractivity contribution in [3.05, 3.63) is 60.5 Å². The summed E-state index contributed by atoms with van der Waals surface area (Å²) in [6.45, 7) is 0.144. The molecule has 1 aromatic heterocycles. The molecule has 2 aromatic carbocycles. The van der Waals surface area contributed by atoms with E-state index >= 15 is 0 Å². The molecule has 0 aliphatic carbocycles. The molecule has 1 heterocycles. The molecule has 9 heteroatoms. The highest BCUT2D eigenvalue weighted by Gasteiger charge is 2.09. The SMILES string of the molecule is CNC(=O)CNc1cccc(Nc2ncc(F)c(Nc3cccc(O)c3)n2)c1. The van der Waals surface area contributed by atoms with Crippen molar-refractivity contribution >= 4 is 34.7 Å². The molecule has 0 fully saturated rings. The lowest BCUT2D eigenvalue weighted by atomic mass is 10.2. The smallest absolute Gasteiger partial charge is 0.239 e. The Kier molecular flexibility index (Phi) is 5.85. The van der Waals surface area contributed by atoms with Crippen LogP contribution in [0.3, 0.4) is 0 Å². The fourth-order valence-electron chi connectivity index (χ4n) is 2.34. The Hall–Kier alpha value is -3.88. The number of anilines is 5. The standard InChI is InChI=1S/C19H19FN6O2/c1-21-17(28)11-22-12-4-2-5-13(8-12)25-19-23-10-16(20)18(26-19)24-14-6-3-7-15(27)9-14/h2-10,22,27H,11H2,1H3,(H,21,28)(H2,23,24,25,26). The molecule has 144 valence electrons. The van der Waals surface area contributed by atoms with Crippen molar-refractivity contribution in [2.75, 3.05) is 29.5 Å². The minimum absolute atomic E-state index is 0.0306. The molecule has 3 aromatic rings. The van der Waals surface area contributed by atoms with E-state index in [9.17, 15) is 14.3 Å². The molecule has 0 atom stereocenters. The largest absolute Gasteiger partial charge is 0.508 e. The van der Waals surface area contributed by atoms with Gasteiger partial charge >= 0.3 is 0 Å². The van der Waals surface area contributed by atoms with Crippen LogP contribution in [-0.4, -0.2) is 34.6 Å². The first-order valence-electron chi connectivity index (χ1n) is 8.43. The van der Waals surface area contributed by atoms with Crippen molar-refractivity contribution in [2.45, 2.75) is 0 Å². The number of aromatic hydroxyl groups is 1. The number of nitrogens with zero attached hydrogens (tertiary/aromatic N) is 2. The van der Waals surface area contributed by atoms with Gasteiger partial charge in [0.05, 0.1) is 12.7 Å². The maximum Gasteiger partial charge on any atom is 0.239 e. The third-order valence-electron chi connectivity index (χ3n) is 3.70. The Labute approximate surface area is 160 Å². The molecule has 28 heavy (non-hydrogen) atoms. The highest BCUT2D eigenvalue weighted by atomic mass is 19.1. The fraction of sp³-hybridized carbons (Fsp3) is 0.105. The first-order chi connectivity index (χ1) is 13.5. The zero-order valence-electron chi connectivity index (χ0n) is 15.0. The van der Waals surface area contributed by atoms with Gasteiger partial charge in [-0.25, -0.2) is 9.37 Å². The number of hydrogen-bond acceptors (Lipinski definition) is 7. The third kappa shape index (κ3) is 5.07. The van der Waals surface area contributed by atoms with Crippen molar-refractivity contribution in [3.8, 4) is 5.75 Å². The predicted molar refractivity (Wildman–Crippen MR) is 106 cm³/mol. The van der Waals surface area contributed by atoms with Crippen LogP contribution in [0.25, 0.3) is 0 Å². The quantitative estimate of drug-likeness (QED) is 0.427. The lowest BCUT2D eigenvalue weighted by Crippen LogP contribution is -2.26. The molecule has 1 amide bonds. The second-order valence-electron chi connectivity index (χ2n) is 5.80. The van der Waals surface area contributed by atoms with Crippen molar-refractivity contribution in [3.63, 3.8) is 0 Å². The van der Waals surface area contributed by atoms with E-state index in [4.69, 9.17) is 0 Å². The van der Waals surface area contributed by atoms with Crippen LogP contribution in [0.15, 0.2) is 54.7 Å². The van der Waals surface area contributed by atoms with Gasteiger partial charge in [-0.1, -0.05) is 12.1 Å². The van der Waals surface area contributed by atoms with E-state index in [1.165, 1.54) is 12.1 Å². The maximum absolute atomic E-state index is 14.0. The molecular formula is C19H19FN6O2. The van der Waals surface area contributed by atoms with Crippen LogP contribution < -0.4 is 21.3 Å². The molecule has 3 rings (SSSR count). The number of hydrogen-bond donors (Lipinski definition) is 5. The second-order valence-corrected chi connectivity index (χ2v) is 5.80. The van der Waals surface area contributed by atoms with Gasteiger partial charge in [0, 0.05) is 30.2 Å². The number of carbonyl (C=O) groups is 1. The summed E-state index contributed by atoms with van der Waals surface area (Å²) in [5.74, 6) is -0.554. The van der Waals surface area contributed by atoms with E-state index < -0.39 is 5.82 Å². The minimum atomic E-state index is -0.630. The molecule has 0 bridgehead atoms. The van der Waals surface area contributed by atoms with Gasteiger partial charge in [-0.3, -0.25) is 4.79 Å². The Morgan fingerprint density at radius 2 is 1.79 bits per heavy atom. The van der Waals surface area contributed by atoms with E-state index in [0.29, 0.717) is 11.4 Å². The van der Waals surface area contributed by atoms with E-state index in [2.05, 4.69) is 31.2 Å². The topological polar surface area (TPSA) is 111 Å². The summed E-state index contributed by atoms with van der Waals surface area (Å²) in [5, 5.41) is 20.8. The summed E-state index contributed by atoms with van der Waals surface area (Å²) in [6, 6.07) is 13.5. The summed E-state index contributed by atoms with van der Waals surface area (Å²) in [6.07, 6.45) is 1.05. The lowest BCUT2D eigenvalue weighted by molar-refractivity contribution is -0.118. The van der Waals surface area contributed by atoms with Crippen LogP contribution in [0.2, 0.25) is 0 Å². The van der Waals surface area contributed by atoms with E-state index in [1.54, 1.807) is 37.4 Å². The van der Waals surface area contributed by atoms with Crippen LogP contribution in [0.5, 0.6) is 5.75 Å². The molecule has 0 unspecified atom stereocenters. The number of aromatic nitrogens is 2. The summed E-state index contributed by atoms with van der Waals surface area (Å²) >= 11 is 0. The van der Waals surface area contributed by atoms with E-state index in [1.807, 2.05) is 6.07 Å². The number of carbonyl (C=O) groups excluding carboxylic acids is 1. The monoisotopic (exact) mass is 382 g/mol. The van der Waals surface area contributed by atoms with Gasteiger partial charge in [0.2, 0.25) is 11.9 Å². The molecule has 0 radical (unpaired) electrons. The number of benzene rings is 2. The summed E-state index contributed by atoms with van der Waals surface area (Å²) < 4.78 is 14.0. The number of amides is 1. The molecule has 0 aliphatic heterocycles. The number of likely N-dealkylation sites (N-methyl/N-ethyl adjacent to an activating group) is 1. The van der Waals surface area contributed by atoms with Gasteiger partial charge in [-0.2, -0.15) is 4.98 Å². The molecule has 5 N–H and O–H groups in total. The van der Waals surface area contributed by atoms with Crippen molar-refractivity contribution in [1.29, 1.82) is 0 Å². The van der Waals surface area contributed by atoms with Gasteiger partial charge in [-0.15, -0.1) is 0 Å². The number of halogens is 1. The van der Waals surface area contributed by atoms with Gasteiger partial charge in [0.25, 0.3) is 0 Å². The van der Waals surface area contributed by atoms with Crippen LogP contribution in [-0.2, 0) is 4.79 Å². The first kappa shape index (κ1) is 18.9. The van der Waals surface area contributed by atoms with Gasteiger partial charge < -0.3 is 26.4 Å². The van der Waals surface area contributed by atoms with Gasteiger partial charge in [0.1, 0.15) is 5.75 Å².